The first-order valence-electron chi connectivity index (χ1n) is 9.27. The Morgan fingerprint density at radius 2 is 1.55 bits per heavy atom. The molecule has 2 N–H and O–H groups in total. The summed E-state index contributed by atoms with van der Waals surface area (Å²) in [6, 6.07) is 9.72. The highest BCUT2D eigenvalue weighted by atomic mass is 32.2. The molecule has 0 spiro atoms. The highest BCUT2D eigenvalue weighted by Crippen LogP contribution is 2.32. The van der Waals surface area contributed by atoms with E-state index in [1.165, 1.54) is 36.4 Å². The minimum atomic E-state index is -4.66. The van der Waals surface area contributed by atoms with E-state index in [1.54, 1.807) is 0 Å². The molecule has 5 nitrogen and oxygen atoms in total. The molecule has 1 fully saturated rings. The van der Waals surface area contributed by atoms with Crippen LogP contribution in [0.2, 0.25) is 0 Å². The maximum Gasteiger partial charge on any atom is 0.417 e. The first kappa shape index (κ1) is 21.3. The Balaban J connectivity index is 1.72. The van der Waals surface area contributed by atoms with Crippen LogP contribution in [-0.2, 0) is 16.2 Å². The van der Waals surface area contributed by atoms with E-state index in [1.807, 2.05) is 0 Å². The molecule has 0 bridgehead atoms. The molecule has 2 aromatic carbocycles. The molecule has 0 unspecified atom stereocenters. The Hall–Kier alpha value is -2.39. The van der Waals surface area contributed by atoms with Crippen LogP contribution < -0.4 is 10.0 Å². The van der Waals surface area contributed by atoms with E-state index in [-0.39, 0.29) is 16.6 Å². The molecule has 1 amide bonds. The summed E-state index contributed by atoms with van der Waals surface area (Å²) < 4.78 is 66.9. The van der Waals surface area contributed by atoms with Crippen LogP contribution in [0, 0.1) is 0 Å². The van der Waals surface area contributed by atoms with Gasteiger partial charge in [-0.1, -0.05) is 31.4 Å². The summed E-state index contributed by atoms with van der Waals surface area (Å²) >= 11 is 0. The Morgan fingerprint density at radius 1 is 0.931 bits per heavy atom. The molecule has 0 atom stereocenters. The molecule has 3 rings (SSSR count). The van der Waals surface area contributed by atoms with Crippen molar-refractivity contribution in [1.82, 2.24) is 4.72 Å². The van der Waals surface area contributed by atoms with Crippen molar-refractivity contribution in [1.29, 1.82) is 0 Å². The van der Waals surface area contributed by atoms with Crippen molar-refractivity contribution in [2.75, 3.05) is 5.32 Å². The van der Waals surface area contributed by atoms with Crippen molar-refractivity contribution in [3.8, 4) is 0 Å². The maximum absolute atomic E-state index is 13.1. The zero-order valence-electron chi connectivity index (χ0n) is 15.5. The van der Waals surface area contributed by atoms with Gasteiger partial charge in [0.25, 0.3) is 5.91 Å². The SMILES string of the molecule is O=C(Nc1ccc(S(=O)(=O)NC2CCCCC2)cc1)c1ccccc1C(F)(F)F. The molecule has 0 saturated heterocycles. The molecule has 156 valence electrons. The molecule has 29 heavy (non-hydrogen) atoms. The molecule has 1 saturated carbocycles. The number of rotatable bonds is 5. The summed E-state index contributed by atoms with van der Waals surface area (Å²) in [4.78, 5) is 12.3. The standard InChI is InChI=1S/C20H21F3N2O3S/c21-20(22,23)18-9-5-4-8-17(18)19(26)24-14-10-12-16(13-11-14)29(27,28)25-15-6-2-1-3-7-15/h4-5,8-13,15,25H,1-3,6-7H2,(H,24,26). The van der Waals surface area contributed by atoms with Crippen LogP contribution in [0.4, 0.5) is 18.9 Å². The van der Waals surface area contributed by atoms with Crippen LogP contribution in [0.1, 0.15) is 48.0 Å². The molecule has 0 aliphatic heterocycles. The van der Waals surface area contributed by atoms with Gasteiger partial charge in [0, 0.05) is 11.7 Å². The van der Waals surface area contributed by atoms with Crippen molar-refractivity contribution >= 4 is 21.6 Å². The first-order valence-corrected chi connectivity index (χ1v) is 10.7. The maximum atomic E-state index is 13.1. The number of carbonyl (C=O) groups is 1. The zero-order valence-corrected chi connectivity index (χ0v) is 16.3. The second-order valence-corrected chi connectivity index (χ2v) is 8.69. The van der Waals surface area contributed by atoms with E-state index >= 15 is 0 Å². The fourth-order valence-corrected chi connectivity index (χ4v) is 4.66. The van der Waals surface area contributed by atoms with E-state index < -0.39 is 33.2 Å². The van der Waals surface area contributed by atoms with Crippen molar-refractivity contribution in [2.45, 2.75) is 49.2 Å². The Kier molecular flexibility index (Phi) is 6.28. The lowest BCUT2D eigenvalue weighted by Gasteiger charge is -2.22. The number of hydrogen-bond acceptors (Lipinski definition) is 3. The number of hydrogen-bond donors (Lipinski definition) is 2. The van der Waals surface area contributed by atoms with Gasteiger partial charge in [-0.05, 0) is 49.2 Å². The number of sulfonamides is 1. The van der Waals surface area contributed by atoms with Crippen LogP contribution in [0.15, 0.2) is 53.4 Å². The summed E-state index contributed by atoms with van der Waals surface area (Å²) in [5, 5.41) is 2.38. The van der Waals surface area contributed by atoms with E-state index in [9.17, 15) is 26.4 Å². The molecule has 9 heteroatoms. The van der Waals surface area contributed by atoms with Gasteiger partial charge in [0.1, 0.15) is 0 Å². The molecule has 0 aromatic heterocycles. The Bertz CT molecular complexity index is 967. The number of carbonyl (C=O) groups excluding carboxylic acids is 1. The van der Waals surface area contributed by atoms with Gasteiger partial charge in [0.2, 0.25) is 10.0 Å². The first-order chi connectivity index (χ1) is 13.7. The van der Waals surface area contributed by atoms with Crippen LogP contribution in [0.25, 0.3) is 0 Å². The van der Waals surface area contributed by atoms with Gasteiger partial charge in [0.15, 0.2) is 0 Å². The number of anilines is 1. The van der Waals surface area contributed by atoms with Crippen molar-refractivity contribution in [3.05, 3.63) is 59.7 Å². The lowest BCUT2D eigenvalue weighted by atomic mass is 9.96. The van der Waals surface area contributed by atoms with E-state index in [0.717, 1.165) is 44.2 Å². The number of nitrogens with one attached hydrogen (secondary N) is 2. The molecule has 2 aromatic rings. The minimum absolute atomic E-state index is 0.0387. The average molecular weight is 426 g/mol. The smallest absolute Gasteiger partial charge is 0.322 e. The van der Waals surface area contributed by atoms with Crippen molar-refractivity contribution in [2.24, 2.45) is 0 Å². The van der Waals surface area contributed by atoms with Crippen LogP contribution in [-0.4, -0.2) is 20.4 Å². The van der Waals surface area contributed by atoms with Crippen LogP contribution in [0.5, 0.6) is 0 Å². The highest BCUT2D eigenvalue weighted by Gasteiger charge is 2.34. The monoisotopic (exact) mass is 426 g/mol. The number of halogens is 3. The Morgan fingerprint density at radius 3 is 2.17 bits per heavy atom. The van der Waals surface area contributed by atoms with Crippen molar-refractivity contribution in [3.63, 3.8) is 0 Å². The summed E-state index contributed by atoms with van der Waals surface area (Å²) in [7, 11) is -3.69. The topological polar surface area (TPSA) is 75.3 Å². The van der Waals surface area contributed by atoms with E-state index in [2.05, 4.69) is 10.0 Å². The van der Waals surface area contributed by atoms with Gasteiger partial charge in [0.05, 0.1) is 16.0 Å². The molecular formula is C20H21F3N2O3S. The lowest BCUT2D eigenvalue weighted by molar-refractivity contribution is -0.137. The normalized spacial score (nSPS) is 15.8. The predicted octanol–water partition coefficient (Wildman–Crippen LogP) is 4.57. The van der Waals surface area contributed by atoms with Crippen LogP contribution in [0.3, 0.4) is 0 Å². The second-order valence-electron chi connectivity index (χ2n) is 6.98. The zero-order chi connectivity index (χ0) is 21.1. The van der Waals surface area contributed by atoms with Gasteiger partial charge >= 0.3 is 6.18 Å². The van der Waals surface area contributed by atoms with Crippen LogP contribution >= 0.6 is 0 Å². The summed E-state index contributed by atoms with van der Waals surface area (Å²) in [5.41, 5.74) is -1.34. The minimum Gasteiger partial charge on any atom is -0.322 e. The van der Waals surface area contributed by atoms with Gasteiger partial charge in [-0.15, -0.1) is 0 Å². The fraction of sp³-hybridized carbons (Fsp3) is 0.350. The van der Waals surface area contributed by atoms with E-state index in [4.69, 9.17) is 0 Å². The largest absolute Gasteiger partial charge is 0.417 e. The van der Waals surface area contributed by atoms with Crippen molar-refractivity contribution < 1.29 is 26.4 Å². The number of benzene rings is 2. The average Bonchev–Trinajstić information content (AvgIpc) is 2.68. The second kappa shape index (κ2) is 8.54. The van der Waals surface area contributed by atoms with Gasteiger partial charge < -0.3 is 5.32 Å². The summed E-state index contributed by atoms with van der Waals surface area (Å²) in [6.45, 7) is 0. The third-order valence-electron chi connectivity index (χ3n) is 4.83. The summed E-state index contributed by atoms with van der Waals surface area (Å²) in [5.74, 6) is -0.922. The quantitative estimate of drug-likeness (QED) is 0.736. The van der Waals surface area contributed by atoms with Gasteiger partial charge in [-0.25, -0.2) is 13.1 Å². The number of alkyl halides is 3. The molecular weight excluding hydrogens is 405 g/mol. The number of amides is 1. The summed E-state index contributed by atoms with van der Waals surface area (Å²) in [6.07, 6.45) is 0.00777. The third-order valence-corrected chi connectivity index (χ3v) is 6.36. The lowest BCUT2D eigenvalue weighted by Crippen LogP contribution is -2.36. The van der Waals surface area contributed by atoms with Gasteiger partial charge in [-0.2, -0.15) is 13.2 Å². The van der Waals surface area contributed by atoms with Gasteiger partial charge in [-0.3, -0.25) is 4.79 Å². The third kappa shape index (κ3) is 5.36. The van der Waals surface area contributed by atoms with E-state index in [0.29, 0.717) is 0 Å². The molecule has 0 heterocycles. The molecule has 0 radical (unpaired) electrons. The predicted molar refractivity (Wildman–Crippen MR) is 103 cm³/mol. The molecule has 1 aliphatic carbocycles. The fourth-order valence-electron chi connectivity index (χ4n) is 3.35. The Labute approximate surface area is 167 Å². The highest BCUT2D eigenvalue weighted by molar-refractivity contribution is 7.89. The molecule has 1 aliphatic rings.